The van der Waals surface area contributed by atoms with Crippen molar-refractivity contribution in [3.05, 3.63) is 16.4 Å². The highest BCUT2D eigenvalue weighted by Gasteiger charge is 2.29. The lowest BCUT2D eigenvalue weighted by atomic mass is 10.1. The Balaban J connectivity index is 2.29. The van der Waals surface area contributed by atoms with Crippen molar-refractivity contribution in [1.82, 2.24) is 14.7 Å². The molecule has 0 spiro atoms. The van der Waals surface area contributed by atoms with E-state index in [0.717, 1.165) is 17.7 Å². The zero-order chi connectivity index (χ0) is 15.6. The molecule has 1 saturated heterocycles. The molecule has 1 amide bonds. The lowest BCUT2D eigenvalue weighted by Gasteiger charge is -2.27. The van der Waals surface area contributed by atoms with Crippen molar-refractivity contribution in [2.24, 2.45) is 7.05 Å². The van der Waals surface area contributed by atoms with Gasteiger partial charge in [-0.05, 0) is 12.3 Å². The summed E-state index contributed by atoms with van der Waals surface area (Å²) in [4.78, 5) is 13.9. The first-order chi connectivity index (χ1) is 9.95. The number of ether oxygens (including phenoxy) is 1. The predicted octanol–water partition coefficient (Wildman–Crippen LogP) is 2.55. The summed E-state index contributed by atoms with van der Waals surface area (Å²) in [7, 11) is 1.81. The van der Waals surface area contributed by atoms with Crippen LogP contribution in [0.1, 0.15) is 37.4 Å². The van der Waals surface area contributed by atoms with Crippen molar-refractivity contribution >= 4 is 29.1 Å². The highest BCUT2D eigenvalue weighted by molar-refractivity contribution is 6.30. The summed E-state index contributed by atoms with van der Waals surface area (Å²) in [5.41, 5.74) is 1.83. The van der Waals surface area contributed by atoms with Gasteiger partial charge in [-0.3, -0.25) is 9.48 Å². The van der Waals surface area contributed by atoms with Gasteiger partial charge in [-0.2, -0.15) is 5.10 Å². The molecule has 1 atom stereocenters. The van der Waals surface area contributed by atoms with Gasteiger partial charge in [-0.25, -0.2) is 0 Å². The molecule has 7 heteroatoms. The molecule has 1 aliphatic heterocycles. The molecular formula is C14H21Cl2N3O2. The Hall–Kier alpha value is -0.780. The van der Waals surface area contributed by atoms with E-state index in [9.17, 15) is 4.79 Å². The van der Waals surface area contributed by atoms with Crippen LogP contribution in [0, 0.1) is 0 Å². The third-order valence-corrected chi connectivity index (χ3v) is 4.46. The number of nitrogens with zero attached hydrogens (tertiary/aromatic N) is 3. The van der Waals surface area contributed by atoms with E-state index in [2.05, 4.69) is 18.9 Å². The molecule has 0 unspecified atom stereocenters. The highest BCUT2D eigenvalue weighted by atomic mass is 35.5. The number of carbonyl (C=O) groups excluding carboxylic acids is 1. The maximum atomic E-state index is 12.2. The van der Waals surface area contributed by atoms with Crippen molar-refractivity contribution in [3.63, 3.8) is 0 Å². The van der Waals surface area contributed by atoms with E-state index >= 15 is 0 Å². The van der Waals surface area contributed by atoms with Crippen LogP contribution < -0.4 is 0 Å². The number of alkyl halides is 1. The quantitative estimate of drug-likeness (QED) is 0.778. The van der Waals surface area contributed by atoms with Gasteiger partial charge in [-0.15, -0.1) is 11.6 Å². The first kappa shape index (κ1) is 16.6. The molecule has 5 nitrogen and oxygen atoms in total. The summed E-state index contributed by atoms with van der Waals surface area (Å²) >= 11 is 12.1. The van der Waals surface area contributed by atoms with Crippen LogP contribution in [0.15, 0.2) is 0 Å². The topological polar surface area (TPSA) is 47.4 Å². The monoisotopic (exact) mass is 333 g/mol. The summed E-state index contributed by atoms with van der Waals surface area (Å²) in [6.07, 6.45) is 0.831. The molecule has 0 aromatic carbocycles. The van der Waals surface area contributed by atoms with Gasteiger partial charge in [0.05, 0.1) is 24.9 Å². The van der Waals surface area contributed by atoms with Crippen molar-refractivity contribution in [2.45, 2.75) is 38.8 Å². The second-order valence-electron chi connectivity index (χ2n) is 5.61. The largest absolute Gasteiger partial charge is 0.379 e. The number of carbonyl (C=O) groups is 1. The fourth-order valence-electron chi connectivity index (χ4n) is 2.61. The molecule has 0 aliphatic carbocycles. The average molecular weight is 334 g/mol. The van der Waals surface area contributed by atoms with Crippen LogP contribution >= 0.6 is 23.2 Å². The van der Waals surface area contributed by atoms with Crippen LogP contribution in [0.2, 0.25) is 5.15 Å². The molecular weight excluding hydrogens is 313 g/mol. The summed E-state index contributed by atoms with van der Waals surface area (Å²) in [5.74, 6) is 0.110. The number of aryl methyl sites for hydroxylation is 1. The Morgan fingerprint density at radius 3 is 2.81 bits per heavy atom. The molecule has 2 rings (SSSR count). The van der Waals surface area contributed by atoms with E-state index in [1.165, 1.54) is 0 Å². The SMILES string of the molecule is CC(C)c1nn(C)c(Cl)c1CN(C(=O)CCl)[C@H]1CCOC1. The summed E-state index contributed by atoms with van der Waals surface area (Å²) < 4.78 is 7.05. The molecule has 0 saturated carbocycles. The molecule has 2 heterocycles. The molecule has 1 aliphatic rings. The first-order valence-electron chi connectivity index (χ1n) is 7.10. The zero-order valence-corrected chi connectivity index (χ0v) is 14.1. The predicted molar refractivity (Wildman–Crippen MR) is 82.8 cm³/mol. The van der Waals surface area contributed by atoms with E-state index < -0.39 is 0 Å². The van der Waals surface area contributed by atoms with Crippen molar-refractivity contribution < 1.29 is 9.53 Å². The number of hydrogen-bond acceptors (Lipinski definition) is 3. The maximum Gasteiger partial charge on any atom is 0.238 e. The minimum Gasteiger partial charge on any atom is -0.379 e. The molecule has 0 N–H and O–H groups in total. The zero-order valence-electron chi connectivity index (χ0n) is 12.6. The summed E-state index contributed by atoms with van der Waals surface area (Å²) in [5, 5.41) is 5.03. The van der Waals surface area contributed by atoms with Gasteiger partial charge in [0.2, 0.25) is 5.91 Å². The molecule has 118 valence electrons. The molecule has 0 bridgehead atoms. The van der Waals surface area contributed by atoms with E-state index in [1.54, 1.807) is 9.58 Å². The normalized spacial score (nSPS) is 18.5. The van der Waals surface area contributed by atoms with Gasteiger partial charge in [0.25, 0.3) is 0 Å². The number of rotatable bonds is 5. The van der Waals surface area contributed by atoms with Crippen molar-refractivity contribution in [2.75, 3.05) is 19.1 Å². The van der Waals surface area contributed by atoms with E-state index in [4.69, 9.17) is 27.9 Å². The van der Waals surface area contributed by atoms with Crippen LogP contribution in [0.25, 0.3) is 0 Å². The molecule has 21 heavy (non-hydrogen) atoms. The second kappa shape index (κ2) is 6.99. The Bertz CT molecular complexity index is 511. The molecule has 0 radical (unpaired) electrons. The van der Waals surface area contributed by atoms with Crippen molar-refractivity contribution in [3.8, 4) is 0 Å². The second-order valence-corrected chi connectivity index (χ2v) is 6.23. The summed E-state index contributed by atoms with van der Waals surface area (Å²) in [6.45, 7) is 5.79. The molecule has 1 aromatic heterocycles. The van der Waals surface area contributed by atoms with Crippen LogP contribution in [0.3, 0.4) is 0 Å². The Morgan fingerprint density at radius 2 is 2.29 bits per heavy atom. The van der Waals surface area contributed by atoms with Gasteiger partial charge in [0.1, 0.15) is 11.0 Å². The molecule has 1 aromatic rings. The van der Waals surface area contributed by atoms with E-state index in [1.807, 2.05) is 7.05 Å². The number of halogens is 2. The van der Waals surface area contributed by atoms with Crippen LogP contribution in [0.4, 0.5) is 0 Å². The maximum absolute atomic E-state index is 12.2. The molecule has 1 fully saturated rings. The Labute approximate surface area is 135 Å². The van der Waals surface area contributed by atoms with Gasteiger partial charge in [0.15, 0.2) is 0 Å². The van der Waals surface area contributed by atoms with Gasteiger partial charge < -0.3 is 9.64 Å². The lowest BCUT2D eigenvalue weighted by molar-refractivity contribution is -0.131. The number of aromatic nitrogens is 2. The number of hydrogen-bond donors (Lipinski definition) is 0. The third-order valence-electron chi connectivity index (χ3n) is 3.76. The smallest absolute Gasteiger partial charge is 0.238 e. The Kier molecular flexibility index (Phi) is 5.52. The fourth-order valence-corrected chi connectivity index (χ4v) is 2.96. The van der Waals surface area contributed by atoms with Gasteiger partial charge >= 0.3 is 0 Å². The third kappa shape index (κ3) is 3.52. The summed E-state index contributed by atoms with van der Waals surface area (Å²) in [6, 6.07) is 0.0625. The van der Waals surface area contributed by atoms with Crippen molar-refractivity contribution in [1.29, 1.82) is 0 Å². The Morgan fingerprint density at radius 1 is 1.57 bits per heavy atom. The van der Waals surface area contributed by atoms with Crippen LogP contribution in [-0.2, 0) is 23.1 Å². The highest BCUT2D eigenvalue weighted by Crippen LogP contribution is 2.28. The minimum atomic E-state index is -0.0956. The van der Waals surface area contributed by atoms with E-state index in [-0.39, 0.29) is 23.7 Å². The van der Waals surface area contributed by atoms with Gasteiger partial charge in [0, 0.05) is 19.2 Å². The standard InChI is InChI=1S/C14H21Cl2N3O2/c1-9(2)13-11(14(16)18(3)17-13)7-19(12(20)6-15)10-4-5-21-8-10/h9-10H,4-8H2,1-3H3/t10-/m0/s1. The fraction of sp³-hybridized carbons (Fsp3) is 0.714. The van der Waals surface area contributed by atoms with E-state index in [0.29, 0.717) is 24.9 Å². The van der Waals surface area contributed by atoms with Crippen LogP contribution in [0.5, 0.6) is 0 Å². The lowest BCUT2D eigenvalue weighted by Crippen LogP contribution is -2.41. The van der Waals surface area contributed by atoms with Crippen LogP contribution in [-0.4, -0.2) is 45.7 Å². The van der Waals surface area contributed by atoms with Gasteiger partial charge in [-0.1, -0.05) is 25.4 Å². The first-order valence-corrected chi connectivity index (χ1v) is 8.01. The number of amides is 1. The minimum absolute atomic E-state index is 0.0363. The average Bonchev–Trinajstić information content (AvgIpc) is 3.06.